The first kappa shape index (κ1) is 14.5. The number of nitro benzene ring substituents is 1. The maximum atomic E-state index is 11.4. The maximum absolute atomic E-state index is 11.4. The molecule has 2 aromatic rings. The molecule has 2 aliphatic rings. The molecule has 5 heteroatoms. The van der Waals surface area contributed by atoms with Crippen LogP contribution < -0.4 is 5.32 Å². The van der Waals surface area contributed by atoms with Crippen LogP contribution in [0.15, 0.2) is 59.1 Å². The average molecular weight is 371 g/mol. The molecule has 1 N–H and O–H groups in total. The van der Waals surface area contributed by atoms with Crippen LogP contribution in [0.3, 0.4) is 0 Å². The third-order valence-electron chi connectivity index (χ3n) is 4.81. The van der Waals surface area contributed by atoms with Crippen molar-refractivity contribution in [1.29, 1.82) is 0 Å². The molecule has 2 aromatic carbocycles. The summed E-state index contributed by atoms with van der Waals surface area (Å²) in [7, 11) is 0. The lowest BCUT2D eigenvalue weighted by Gasteiger charge is -2.37. The van der Waals surface area contributed by atoms with E-state index in [-0.39, 0.29) is 16.7 Å². The van der Waals surface area contributed by atoms with Crippen LogP contribution in [0.2, 0.25) is 0 Å². The van der Waals surface area contributed by atoms with Crippen molar-refractivity contribution >= 4 is 27.3 Å². The molecule has 0 radical (unpaired) electrons. The number of benzene rings is 2. The first-order valence-electron chi connectivity index (χ1n) is 7.61. The van der Waals surface area contributed by atoms with Gasteiger partial charge in [-0.2, -0.15) is 0 Å². The van der Waals surface area contributed by atoms with E-state index < -0.39 is 0 Å². The molecule has 1 aliphatic heterocycles. The van der Waals surface area contributed by atoms with Crippen molar-refractivity contribution in [2.75, 3.05) is 5.32 Å². The number of allylic oxidation sites excluding steroid dienone is 2. The van der Waals surface area contributed by atoms with E-state index in [9.17, 15) is 10.1 Å². The number of fused-ring (bicyclic) bond motifs is 3. The lowest BCUT2D eigenvalue weighted by Crippen LogP contribution is -2.29. The van der Waals surface area contributed by atoms with Gasteiger partial charge in [-0.15, -0.1) is 0 Å². The van der Waals surface area contributed by atoms with Gasteiger partial charge in [0.25, 0.3) is 5.69 Å². The largest absolute Gasteiger partial charge is 0.376 e. The zero-order valence-electron chi connectivity index (χ0n) is 12.3. The highest BCUT2D eigenvalue weighted by molar-refractivity contribution is 9.10. The number of halogens is 1. The number of para-hydroxylation sites is 2. The second kappa shape index (κ2) is 5.49. The molecule has 4 rings (SSSR count). The Bertz CT molecular complexity index is 818. The van der Waals surface area contributed by atoms with Gasteiger partial charge in [-0.3, -0.25) is 10.1 Å². The fourth-order valence-corrected chi connectivity index (χ4v) is 4.30. The molecule has 0 saturated carbocycles. The topological polar surface area (TPSA) is 55.2 Å². The molecule has 0 saturated heterocycles. The highest BCUT2D eigenvalue weighted by atomic mass is 79.9. The van der Waals surface area contributed by atoms with Gasteiger partial charge in [0.05, 0.1) is 22.2 Å². The highest BCUT2D eigenvalue weighted by Crippen LogP contribution is 2.52. The SMILES string of the molecule is O=[N+]([O-])c1ccccc1[C@@H]1Nc2c(Br)cccc2[C@H]2C=CC[C@@H]21. The van der Waals surface area contributed by atoms with Gasteiger partial charge in [0.1, 0.15) is 0 Å². The van der Waals surface area contributed by atoms with Gasteiger partial charge in [0.2, 0.25) is 0 Å². The maximum Gasteiger partial charge on any atom is 0.274 e. The van der Waals surface area contributed by atoms with Crippen molar-refractivity contribution in [3.05, 3.63) is 80.3 Å². The Morgan fingerprint density at radius 2 is 1.91 bits per heavy atom. The predicted octanol–water partition coefficient (Wildman–Crippen LogP) is 5.18. The smallest absolute Gasteiger partial charge is 0.274 e. The quantitative estimate of drug-likeness (QED) is 0.449. The minimum Gasteiger partial charge on any atom is -0.376 e. The highest BCUT2D eigenvalue weighted by Gasteiger charge is 2.40. The Labute approximate surface area is 142 Å². The number of nitrogens with zero attached hydrogens (tertiary/aromatic N) is 1. The van der Waals surface area contributed by atoms with Crippen molar-refractivity contribution < 1.29 is 4.92 Å². The number of rotatable bonds is 2. The number of hydrogen-bond acceptors (Lipinski definition) is 3. The second-order valence-electron chi connectivity index (χ2n) is 6.00. The van der Waals surface area contributed by atoms with Crippen LogP contribution in [0, 0.1) is 16.0 Å². The molecule has 0 bridgehead atoms. The Morgan fingerprint density at radius 3 is 2.74 bits per heavy atom. The summed E-state index contributed by atoms with van der Waals surface area (Å²) in [5.74, 6) is 0.603. The summed E-state index contributed by atoms with van der Waals surface area (Å²) in [6, 6.07) is 13.2. The molecular weight excluding hydrogens is 356 g/mol. The van der Waals surface area contributed by atoms with E-state index in [0.717, 1.165) is 22.1 Å². The summed E-state index contributed by atoms with van der Waals surface area (Å²) in [6.45, 7) is 0. The Balaban J connectivity index is 1.86. The van der Waals surface area contributed by atoms with E-state index in [1.165, 1.54) is 5.56 Å². The monoisotopic (exact) mass is 370 g/mol. The zero-order valence-corrected chi connectivity index (χ0v) is 13.9. The summed E-state index contributed by atoms with van der Waals surface area (Å²) in [6.07, 6.45) is 5.35. The van der Waals surface area contributed by atoms with E-state index >= 15 is 0 Å². The van der Waals surface area contributed by atoms with Crippen molar-refractivity contribution in [1.82, 2.24) is 0 Å². The molecule has 1 heterocycles. The van der Waals surface area contributed by atoms with Crippen molar-refractivity contribution in [2.45, 2.75) is 18.4 Å². The van der Waals surface area contributed by atoms with Gasteiger partial charge >= 0.3 is 0 Å². The summed E-state index contributed by atoms with van der Waals surface area (Å²) in [4.78, 5) is 11.1. The second-order valence-corrected chi connectivity index (χ2v) is 6.85. The molecular formula is C18H15BrN2O2. The van der Waals surface area contributed by atoms with Crippen molar-refractivity contribution in [2.24, 2.45) is 5.92 Å². The molecule has 0 aromatic heterocycles. The lowest BCUT2D eigenvalue weighted by atomic mass is 9.77. The molecule has 116 valence electrons. The summed E-state index contributed by atoms with van der Waals surface area (Å²) < 4.78 is 0.998. The minimum atomic E-state index is -0.288. The molecule has 3 atom stereocenters. The van der Waals surface area contributed by atoms with E-state index in [1.807, 2.05) is 24.3 Å². The average Bonchev–Trinajstić information content (AvgIpc) is 3.04. The first-order valence-corrected chi connectivity index (χ1v) is 8.41. The van der Waals surface area contributed by atoms with Crippen molar-refractivity contribution in [3.63, 3.8) is 0 Å². The van der Waals surface area contributed by atoms with Gasteiger partial charge in [0.15, 0.2) is 0 Å². The van der Waals surface area contributed by atoms with Gasteiger partial charge in [-0.1, -0.05) is 42.5 Å². The molecule has 1 aliphatic carbocycles. The summed E-state index contributed by atoms with van der Waals surface area (Å²) >= 11 is 3.61. The fraction of sp³-hybridized carbons (Fsp3) is 0.222. The van der Waals surface area contributed by atoms with E-state index in [0.29, 0.717) is 11.8 Å². The third-order valence-corrected chi connectivity index (χ3v) is 5.48. The molecule has 23 heavy (non-hydrogen) atoms. The van der Waals surface area contributed by atoms with Crippen LogP contribution in [-0.2, 0) is 0 Å². The molecule has 0 unspecified atom stereocenters. The standard InChI is InChI=1S/C18H15BrN2O2/c19-15-9-4-8-13-11-6-3-7-12(11)17(20-18(13)15)14-5-1-2-10-16(14)21(22)23/h1-6,8-12,17,20H,7H2/t11-,12-,17+/m0/s1. The van der Waals surface area contributed by atoms with Crippen molar-refractivity contribution in [3.8, 4) is 0 Å². The Kier molecular flexibility index (Phi) is 3.45. The minimum absolute atomic E-state index is 0.0669. The molecule has 4 nitrogen and oxygen atoms in total. The number of nitro groups is 1. The number of hydrogen-bond donors (Lipinski definition) is 1. The normalized spacial score (nSPS) is 24.7. The van der Waals surface area contributed by atoms with Crippen LogP contribution in [0.4, 0.5) is 11.4 Å². The first-order chi connectivity index (χ1) is 11.2. The lowest BCUT2D eigenvalue weighted by molar-refractivity contribution is -0.385. The van der Waals surface area contributed by atoms with Gasteiger partial charge < -0.3 is 5.32 Å². The zero-order chi connectivity index (χ0) is 16.0. The summed E-state index contributed by atoms with van der Waals surface area (Å²) in [5, 5.41) is 15.0. The van der Waals surface area contributed by atoms with E-state index in [4.69, 9.17) is 0 Å². The number of anilines is 1. The summed E-state index contributed by atoms with van der Waals surface area (Å²) in [5.41, 5.74) is 3.25. The van der Waals surface area contributed by atoms with Crippen LogP contribution in [0.1, 0.15) is 29.5 Å². The van der Waals surface area contributed by atoms with Crippen LogP contribution >= 0.6 is 15.9 Å². The predicted molar refractivity (Wildman–Crippen MR) is 93.6 cm³/mol. The van der Waals surface area contributed by atoms with Crippen LogP contribution in [-0.4, -0.2) is 4.92 Å². The number of nitrogens with one attached hydrogen (secondary N) is 1. The van der Waals surface area contributed by atoms with Gasteiger partial charge in [-0.25, -0.2) is 0 Å². The van der Waals surface area contributed by atoms with Gasteiger partial charge in [0, 0.05) is 16.5 Å². The van der Waals surface area contributed by atoms with E-state index in [1.54, 1.807) is 12.1 Å². The van der Waals surface area contributed by atoms with E-state index in [2.05, 4.69) is 39.5 Å². The van der Waals surface area contributed by atoms with Crippen LogP contribution in [0.5, 0.6) is 0 Å². The molecule has 0 fully saturated rings. The fourth-order valence-electron chi connectivity index (χ4n) is 3.81. The Morgan fingerprint density at radius 1 is 1.13 bits per heavy atom. The molecule has 0 spiro atoms. The third kappa shape index (κ3) is 2.27. The van der Waals surface area contributed by atoms with Crippen LogP contribution in [0.25, 0.3) is 0 Å². The Hall–Kier alpha value is -2.14. The van der Waals surface area contributed by atoms with Gasteiger partial charge in [-0.05, 0) is 39.9 Å². The molecule has 0 amide bonds.